The third-order valence-electron chi connectivity index (χ3n) is 3.15. The minimum Gasteiger partial charge on any atom is -0.493 e. The van der Waals surface area contributed by atoms with Crippen LogP contribution in [0.4, 0.5) is 0 Å². The highest BCUT2D eigenvalue weighted by molar-refractivity contribution is 7.13. The van der Waals surface area contributed by atoms with Crippen LogP contribution in [-0.2, 0) is 6.54 Å². The van der Waals surface area contributed by atoms with E-state index in [2.05, 4.69) is 15.1 Å². The first-order chi connectivity index (χ1) is 11.2. The molecule has 2 aromatic heterocycles. The summed E-state index contributed by atoms with van der Waals surface area (Å²) in [6, 6.07) is 7.58. The Morgan fingerprint density at radius 2 is 2.17 bits per heavy atom. The standard InChI is InChI=1S/C15H13N5O2S/c1-21-12-5-3-4-11(14(12)22-2)15-18-10(8-23-15)7-20-9-17-13(6-16)19-20/h3-5,8-9H,7H2,1-2H3. The highest BCUT2D eigenvalue weighted by Crippen LogP contribution is 2.38. The fraction of sp³-hybridized carbons (Fsp3) is 0.200. The molecule has 8 heteroatoms. The van der Waals surface area contributed by atoms with Crippen LogP contribution in [-0.4, -0.2) is 34.0 Å². The molecule has 2 heterocycles. The highest BCUT2D eigenvalue weighted by Gasteiger charge is 2.14. The van der Waals surface area contributed by atoms with Gasteiger partial charge in [0.2, 0.25) is 0 Å². The Bertz CT molecular complexity index is 865. The summed E-state index contributed by atoms with van der Waals surface area (Å²) < 4.78 is 12.3. The monoisotopic (exact) mass is 327 g/mol. The molecular weight excluding hydrogens is 314 g/mol. The molecule has 0 unspecified atom stereocenters. The van der Waals surface area contributed by atoms with E-state index in [9.17, 15) is 0 Å². The van der Waals surface area contributed by atoms with Crippen LogP contribution in [0.2, 0.25) is 0 Å². The summed E-state index contributed by atoms with van der Waals surface area (Å²) in [4.78, 5) is 8.48. The average molecular weight is 327 g/mol. The van der Waals surface area contributed by atoms with Crippen LogP contribution < -0.4 is 9.47 Å². The molecule has 0 spiro atoms. The van der Waals surface area contributed by atoms with Crippen LogP contribution in [0.25, 0.3) is 10.6 Å². The lowest BCUT2D eigenvalue weighted by atomic mass is 10.2. The maximum atomic E-state index is 8.75. The van der Waals surface area contributed by atoms with Gasteiger partial charge in [-0.25, -0.2) is 14.6 Å². The van der Waals surface area contributed by atoms with Gasteiger partial charge in [0.1, 0.15) is 17.4 Å². The molecule has 0 N–H and O–H groups in total. The van der Waals surface area contributed by atoms with Crippen molar-refractivity contribution in [1.82, 2.24) is 19.7 Å². The van der Waals surface area contributed by atoms with Crippen molar-refractivity contribution in [2.75, 3.05) is 14.2 Å². The Balaban J connectivity index is 1.89. The van der Waals surface area contributed by atoms with Crippen molar-refractivity contribution >= 4 is 11.3 Å². The summed E-state index contributed by atoms with van der Waals surface area (Å²) in [7, 11) is 3.21. The van der Waals surface area contributed by atoms with Crippen molar-refractivity contribution in [2.45, 2.75) is 6.54 Å². The molecule has 7 nitrogen and oxygen atoms in total. The lowest BCUT2D eigenvalue weighted by molar-refractivity contribution is 0.356. The van der Waals surface area contributed by atoms with Gasteiger partial charge < -0.3 is 9.47 Å². The van der Waals surface area contributed by atoms with E-state index in [-0.39, 0.29) is 5.82 Å². The first-order valence-electron chi connectivity index (χ1n) is 6.70. The van der Waals surface area contributed by atoms with Crippen LogP contribution in [0, 0.1) is 11.3 Å². The molecule has 0 radical (unpaired) electrons. The van der Waals surface area contributed by atoms with Crippen molar-refractivity contribution in [3.8, 4) is 28.1 Å². The first kappa shape index (κ1) is 15.0. The summed E-state index contributed by atoms with van der Waals surface area (Å²) in [5.74, 6) is 1.47. The van der Waals surface area contributed by atoms with Crippen LogP contribution in [0.5, 0.6) is 11.5 Å². The topological polar surface area (TPSA) is 85.9 Å². The van der Waals surface area contributed by atoms with Gasteiger partial charge in [0, 0.05) is 5.38 Å². The number of hydrogen-bond donors (Lipinski definition) is 0. The number of ether oxygens (including phenoxy) is 2. The SMILES string of the molecule is COc1cccc(-c2nc(Cn3cnc(C#N)n3)cs2)c1OC. The lowest BCUT2D eigenvalue weighted by Gasteiger charge is -2.10. The van der Waals surface area contributed by atoms with Crippen molar-refractivity contribution in [3.05, 3.63) is 41.4 Å². The second-order valence-electron chi connectivity index (χ2n) is 4.56. The summed E-state index contributed by atoms with van der Waals surface area (Å²) in [5.41, 5.74) is 1.71. The summed E-state index contributed by atoms with van der Waals surface area (Å²) in [6.07, 6.45) is 1.52. The Morgan fingerprint density at radius 1 is 1.30 bits per heavy atom. The van der Waals surface area contributed by atoms with Crippen molar-refractivity contribution in [3.63, 3.8) is 0 Å². The van der Waals surface area contributed by atoms with Gasteiger partial charge in [-0.3, -0.25) is 0 Å². The molecule has 0 atom stereocenters. The highest BCUT2D eigenvalue weighted by atomic mass is 32.1. The molecule has 0 aliphatic rings. The molecule has 116 valence electrons. The van der Waals surface area contributed by atoms with E-state index in [0.717, 1.165) is 16.3 Å². The Kier molecular flexibility index (Phi) is 4.21. The zero-order valence-corrected chi connectivity index (χ0v) is 13.4. The van der Waals surface area contributed by atoms with Crippen LogP contribution >= 0.6 is 11.3 Å². The Labute approximate surface area is 136 Å². The predicted molar refractivity (Wildman–Crippen MR) is 84.5 cm³/mol. The third-order valence-corrected chi connectivity index (χ3v) is 4.07. The number of nitrogens with zero attached hydrogens (tertiary/aromatic N) is 5. The van der Waals surface area contributed by atoms with Crippen LogP contribution in [0.1, 0.15) is 11.5 Å². The molecular formula is C15H13N5O2S. The molecule has 3 aromatic rings. The first-order valence-corrected chi connectivity index (χ1v) is 7.58. The number of rotatable bonds is 5. The van der Waals surface area contributed by atoms with Gasteiger partial charge in [0.25, 0.3) is 5.82 Å². The average Bonchev–Trinajstić information content (AvgIpc) is 3.23. The van der Waals surface area contributed by atoms with E-state index >= 15 is 0 Å². The zero-order chi connectivity index (χ0) is 16.2. The van der Waals surface area contributed by atoms with Gasteiger partial charge in [0.15, 0.2) is 11.5 Å². The molecule has 0 aliphatic heterocycles. The van der Waals surface area contributed by atoms with Gasteiger partial charge >= 0.3 is 0 Å². The number of thiazole rings is 1. The zero-order valence-electron chi connectivity index (χ0n) is 12.6. The number of para-hydroxylation sites is 1. The van der Waals surface area contributed by atoms with E-state index in [0.29, 0.717) is 18.0 Å². The molecule has 0 bridgehead atoms. The van der Waals surface area contributed by atoms with E-state index in [1.807, 2.05) is 29.6 Å². The normalized spacial score (nSPS) is 10.3. The second-order valence-corrected chi connectivity index (χ2v) is 5.42. The summed E-state index contributed by atoms with van der Waals surface area (Å²) >= 11 is 1.51. The van der Waals surface area contributed by atoms with E-state index < -0.39 is 0 Å². The van der Waals surface area contributed by atoms with E-state index in [1.165, 1.54) is 17.7 Å². The van der Waals surface area contributed by atoms with Gasteiger partial charge in [-0.2, -0.15) is 5.26 Å². The van der Waals surface area contributed by atoms with Gasteiger partial charge in [-0.1, -0.05) is 6.07 Å². The van der Waals surface area contributed by atoms with Gasteiger partial charge in [-0.05, 0) is 12.1 Å². The number of nitriles is 1. The number of benzene rings is 1. The minimum atomic E-state index is 0.148. The van der Waals surface area contributed by atoms with Crippen molar-refractivity contribution in [2.24, 2.45) is 0 Å². The minimum absolute atomic E-state index is 0.148. The maximum absolute atomic E-state index is 8.75. The molecule has 23 heavy (non-hydrogen) atoms. The molecule has 0 fully saturated rings. The second kappa shape index (κ2) is 6.46. The summed E-state index contributed by atoms with van der Waals surface area (Å²) in [6.45, 7) is 0.456. The summed E-state index contributed by atoms with van der Waals surface area (Å²) in [5, 5.41) is 15.6. The Morgan fingerprint density at radius 3 is 2.87 bits per heavy atom. The molecule has 3 rings (SSSR count). The molecule has 0 amide bonds. The molecule has 0 saturated heterocycles. The molecule has 0 saturated carbocycles. The largest absolute Gasteiger partial charge is 0.493 e. The van der Waals surface area contributed by atoms with Gasteiger partial charge in [0.05, 0.1) is 32.0 Å². The number of methoxy groups -OCH3 is 2. The van der Waals surface area contributed by atoms with Crippen molar-refractivity contribution in [1.29, 1.82) is 5.26 Å². The smallest absolute Gasteiger partial charge is 0.252 e. The van der Waals surface area contributed by atoms with Crippen LogP contribution in [0.15, 0.2) is 29.9 Å². The fourth-order valence-electron chi connectivity index (χ4n) is 2.15. The van der Waals surface area contributed by atoms with Crippen LogP contribution in [0.3, 0.4) is 0 Å². The Hall–Kier alpha value is -2.92. The lowest BCUT2D eigenvalue weighted by Crippen LogP contribution is -2.01. The van der Waals surface area contributed by atoms with Gasteiger partial charge in [-0.15, -0.1) is 16.4 Å². The van der Waals surface area contributed by atoms with E-state index in [4.69, 9.17) is 14.7 Å². The maximum Gasteiger partial charge on any atom is 0.252 e. The van der Waals surface area contributed by atoms with E-state index in [1.54, 1.807) is 18.9 Å². The predicted octanol–water partition coefficient (Wildman–Crippen LogP) is 2.34. The number of hydrogen-bond acceptors (Lipinski definition) is 7. The third kappa shape index (κ3) is 3.00. The molecule has 1 aromatic carbocycles. The number of aromatic nitrogens is 4. The van der Waals surface area contributed by atoms with Crippen molar-refractivity contribution < 1.29 is 9.47 Å². The molecule has 0 aliphatic carbocycles. The fourth-order valence-corrected chi connectivity index (χ4v) is 2.98. The quantitative estimate of drug-likeness (QED) is 0.715.